The molecule has 33 heavy (non-hydrogen) atoms. The Balaban J connectivity index is 1.47. The Bertz CT molecular complexity index is 1200. The second-order valence-electron chi connectivity index (χ2n) is 8.75. The lowest BCUT2D eigenvalue weighted by Gasteiger charge is -2.33. The van der Waals surface area contributed by atoms with Crippen molar-refractivity contribution in [3.8, 4) is 28.0 Å². The van der Waals surface area contributed by atoms with E-state index in [0.717, 1.165) is 54.1 Å². The van der Waals surface area contributed by atoms with Crippen LogP contribution in [0.5, 0.6) is 5.75 Å². The van der Waals surface area contributed by atoms with E-state index in [1.54, 1.807) is 11.1 Å². The van der Waals surface area contributed by atoms with Crippen LogP contribution in [0.2, 0.25) is 5.02 Å². The van der Waals surface area contributed by atoms with Crippen molar-refractivity contribution in [2.24, 2.45) is 0 Å². The monoisotopic (exact) mass is 462 g/mol. The summed E-state index contributed by atoms with van der Waals surface area (Å²) in [4.78, 5) is 20.6. The fraction of sp³-hybridized carbons (Fsp3) is 0.308. The molecular formula is C26H27ClN4O2. The van der Waals surface area contributed by atoms with Crippen LogP contribution >= 0.6 is 11.6 Å². The SMILES string of the molecule is C[C@@H]1CN(c2cncc(-c3cccc(-c4ccc(N5CCCC5=O)c(Cl)c4)c3O)c2)CCN1. The number of hydrogen-bond donors (Lipinski definition) is 2. The number of para-hydroxylation sites is 1. The van der Waals surface area contributed by atoms with E-state index >= 15 is 0 Å². The third-order valence-corrected chi connectivity index (χ3v) is 6.73. The summed E-state index contributed by atoms with van der Waals surface area (Å²) in [5, 5.41) is 15.2. The number of carbonyl (C=O) groups excluding carboxylic acids is 1. The number of anilines is 2. The summed E-state index contributed by atoms with van der Waals surface area (Å²) in [6.45, 7) is 5.64. The van der Waals surface area contributed by atoms with Crippen molar-refractivity contribution in [1.29, 1.82) is 0 Å². The normalized spacial score (nSPS) is 18.7. The zero-order valence-electron chi connectivity index (χ0n) is 18.6. The molecule has 2 saturated heterocycles. The van der Waals surface area contributed by atoms with Crippen LogP contribution in [0, 0.1) is 0 Å². The quantitative estimate of drug-likeness (QED) is 0.588. The van der Waals surface area contributed by atoms with Crippen LogP contribution in [0.1, 0.15) is 19.8 Å². The van der Waals surface area contributed by atoms with E-state index in [1.165, 1.54) is 0 Å². The van der Waals surface area contributed by atoms with Gasteiger partial charge in [-0.1, -0.05) is 35.9 Å². The number of rotatable bonds is 4. The number of phenols is 1. The number of halogens is 1. The van der Waals surface area contributed by atoms with E-state index in [2.05, 4.69) is 28.2 Å². The van der Waals surface area contributed by atoms with Gasteiger partial charge >= 0.3 is 0 Å². The number of pyridine rings is 1. The molecule has 0 radical (unpaired) electrons. The molecule has 2 aromatic carbocycles. The summed E-state index contributed by atoms with van der Waals surface area (Å²) < 4.78 is 0. The van der Waals surface area contributed by atoms with Crippen molar-refractivity contribution in [2.45, 2.75) is 25.8 Å². The van der Waals surface area contributed by atoms with Gasteiger partial charge in [-0.25, -0.2) is 0 Å². The van der Waals surface area contributed by atoms with Gasteiger partial charge in [-0.2, -0.15) is 0 Å². The zero-order chi connectivity index (χ0) is 22.9. The standard InChI is InChI=1S/C26H27ClN4O2/c1-17-16-30(11-9-29-17)20-12-19(14-28-15-20)22-5-2-4-21(26(22)33)18-7-8-24(23(27)13-18)31-10-3-6-25(31)32/h2,4-5,7-8,12-15,17,29,33H,3,6,9-11,16H2,1H3/t17-/m1/s1. The number of aromatic nitrogens is 1. The fourth-order valence-corrected chi connectivity index (χ4v) is 5.00. The maximum atomic E-state index is 12.1. The Hall–Kier alpha value is -3.09. The minimum Gasteiger partial charge on any atom is -0.507 e. The molecule has 6 nitrogen and oxygen atoms in total. The number of hydrogen-bond acceptors (Lipinski definition) is 5. The molecule has 7 heteroatoms. The topological polar surface area (TPSA) is 68.7 Å². The molecule has 1 aromatic heterocycles. The number of amides is 1. The van der Waals surface area contributed by atoms with E-state index in [-0.39, 0.29) is 11.7 Å². The van der Waals surface area contributed by atoms with Crippen LogP contribution in [0.15, 0.2) is 54.9 Å². The van der Waals surface area contributed by atoms with Gasteiger partial charge in [-0.05, 0) is 37.1 Å². The van der Waals surface area contributed by atoms with Gasteiger partial charge in [0.1, 0.15) is 5.75 Å². The maximum absolute atomic E-state index is 12.1. The van der Waals surface area contributed by atoms with E-state index in [0.29, 0.717) is 29.6 Å². The van der Waals surface area contributed by atoms with Crippen LogP contribution in [-0.2, 0) is 4.79 Å². The van der Waals surface area contributed by atoms with Gasteiger partial charge in [0.05, 0.1) is 22.6 Å². The van der Waals surface area contributed by atoms with Crippen molar-refractivity contribution in [3.63, 3.8) is 0 Å². The molecule has 2 fully saturated rings. The molecule has 5 rings (SSSR count). The third-order valence-electron chi connectivity index (χ3n) is 6.43. The summed E-state index contributed by atoms with van der Waals surface area (Å²) in [6.07, 6.45) is 5.06. The highest BCUT2D eigenvalue weighted by molar-refractivity contribution is 6.34. The molecule has 170 valence electrons. The zero-order valence-corrected chi connectivity index (χ0v) is 19.3. The van der Waals surface area contributed by atoms with Gasteiger partial charge in [0, 0.05) is 61.5 Å². The number of nitrogens with zero attached hydrogens (tertiary/aromatic N) is 3. The summed E-state index contributed by atoms with van der Waals surface area (Å²) in [6, 6.07) is 13.8. The molecule has 0 bridgehead atoms. The molecule has 3 heterocycles. The summed E-state index contributed by atoms with van der Waals surface area (Å²) in [5.41, 5.74) is 4.85. The fourth-order valence-electron chi connectivity index (χ4n) is 4.72. The predicted molar refractivity (Wildman–Crippen MR) is 133 cm³/mol. The average Bonchev–Trinajstić information content (AvgIpc) is 3.25. The van der Waals surface area contributed by atoms with E-state index < -0.39 is 0 Å². The van der Waals surface area contributed by atoms with Gasteiger partial charge in [0.15, 0.2) is 0 Å². The Kier molecular flexibility index (Phi) is 5.96. The molecule has 0 saturated carbocycles. The minimum absolute atomic E-state index is 0.0979. The molecule has 1 amide bonds. The second-order valence-corrected chi connectivity index (χ2v) is 9.16. The number of piperazine rings is 1. The van der Waals surface area contributed by atoms with E-state index in [9.17, 15) is 9.90 Å². The molecule has 0 aliphatic carbocycles. The van der Waals surface area contributed by atoms with Gasteiger partial charge in [0.2, 0.25) is 5.91 Å². The first kappa shape index (κ1) is 21.7. The average molecular weight is 463 g/mol. The largest absolute Gasteiger partial charge is 0.507 e. The minimum atomic E-state index is 0.0979. The van der Waals surface area contributed by atoms with Gasteiger partial charge in [0.25, 0.3) is 0 Å². The predicted octanol–water partition coefficient (Wildman–Crippen LogP) is 4.70. The van der Waals surface area contributed by atoms with Crippen molar-refractivity contribution in [3.05, 3.63) is 59.9 Å². The van der Waals surface area contributed by atoms with Crippen LogP contribution in [0.25, 0.3) is 22.3 Å². The number of nitrogens with one attached hydrogen (secondary N) is 1. The number of aromatic hydroxyl groups is 1. The van der Waals surface area contributed by atoms with E-state index in [4.69, 9.17) is 11.6 Å². The first-order chi connectivity index (χ1) is 16.0. The second kappa shape index (κ2) is 9.04. The van der Waals surface area contributed by atoms with Gasteiger partial charge in [-0.15, -0.1) is 0 Å². The molecule has 2 aliphatic rings. The van der Waals surface area contributed by atoms with Crippen LogP contribution in [-0.4, -0.2) is 48.2 Å². The molecule has 0 spiro atoms. The highest BCUT2D eigenvalue weighted by Gasteiger charge is 2.24. The molecule has 0 unspecified atom stereocenters. The number of benzene rings is 2. The van der Waals surface area contributed by atoms with Gasteiger partial charge < -0.3 is 20.2 Å². The Morgan fingerprint density at radius 3 is 2.64 bits per heavy atom. The van der Waals surface area contributed by atoms with E-state index in [1.807, 2.05) is 42.6 Å². The highest BCUT2D eigenvalue weighted by atomic mass is 35.5. The van der Waals surface area contributed by atoms with Crippen molar-refractivity contribution < 1.29 is 9.90 Å². The molecule has 2 N–H and O–H groups in total. The Labute approximate surface area is 198 Å². The van der Waals surface area contributed by atoms with Crippen molar-refractivity contribution in [2.75, 3.05) is 36.0 Å². The summed E-state index contributed by atoms with van der Waals surface area (Å²) >= 11 is 6.56. The van der Waals surface area contributed by atoms with Gasteiger partial charge in [-0.3, -0.25) is 9.78 Å². The lowest BCUT2D eigenvalue weighted by atomic mass is 9.97. The lowest BCUT2D eigenvalue weighted by Crippen LogP contribution is -2.49. The number of phenolic OH excluding ortho intramolecular Hbond substituents is 1. The Morgan fingerprint density at radius 1 is 1.09 bits per heavy atom. The van der Waals surface area contributed by atoms with Crippen LogP contribution in [0.4, 0.5) is 11.4 Å². The summed E-state index contributed by atoms with van der Waals surface area (Å²) in [5.74, 6) is 0.284. The van der Waals surface area contributed by atoms with Crippen LogP contribution in [0.3, 0.4) is 0 Å². The molecule has 1 atom stereocenters. The molecule has 2 aliphatic heterocycles. The Morgan fingerprint density at radius 2 is 1.91 bits per heavy atom. The van der Waals surface area contributed by atoms with Crippen molar-refractivity contribution >= 4 is 28.9 Å². The molecule has 3 aromatic rings. The third kappa shape index (κ3) is 4.28. The van der Waals surface area contributed by atoms with Crippen LogP contribution < -0.4 is 15.1 Å². The highest BCUT2D eigenvalue weighted by Crippen LogP contribution is 2.41. The lowest BCUT2D eigenvalue weighted by molar-refractivity contribution is -0.117. The van der Waals surface area contributed by atoms with Crippen molar-refractivity contribution in [1.82, 2.24) is 10.3 Å². The first-order valence-corrected chi connectivity index (χ1v) is 11.7. The maximum Gasteiger partial charge on any atom is 0.227 e. The number of carbonyl (C=O) groups is 1. The smallest absolute Gasteiger partial charge is 0.227 e. The molecular weight excluding hydrogens is 436 g/mol. The first-order valence-electron chi connectivity index (χ1n) is 11.4. The summed E-state index contributed by atoms with van der Waals surface area (Å²) in [7, 11) is 0.